The van der Waals surface area contributed by atoms with Crippen molar-refractivity contribution in [1.29, 1.82) is 0 Å². The van der Waals surface area contributed by atoms with E-state index in [0.29, 0.717) is 30.0 Å². The summed E-state index contributed by atoms with van der Waals surface area (Å²) in [7, 11) is -2.34. The van der Waals surface area contributed by atoms with E-state index in [1.54, 1.807) is 33.0 Å². The Kier molecular flexibility index (Phi) is 6.99. The SMILES string of the molecule is CCOc1ccccc1-c1cc(OCCC(C)(C)O)nc(NS(=O)(=O)c2cnn(C)c2)n1. The van der Waals surface area contributed by atoms with Crippen molar-refractivity contribution in [2.45, 2.75) is 37.7 Å². The molecule has 0 aliphatic rings. The van der Waals surface area contributed by atoms with Gasteiger partial charge in [0.1, 0.15) is 10.6 Å². The number of nitrogens with one attached hydrogen (secondary N) is 1. The first kappa shape index (κ1) is 23.5. The van der Waals surface area contributed by atoms with E-state index < -0.39 is 15.6 Å². The highest BCUT2D eigenvalue weighted by atomic mass is 32.2. The normalized spacial score (nSPS) is 11.9. The summed E-state index contributed by atoms with van der Waals surface area (Å²) in [6.07, 6.45) is 2.97. The molecule has 0 aliphatic heterocycles. The summed E-state index contributed by atoms with van der Waals surface area (Å²) in [4.78, 5) is 8.56. The van der Waals surface area contributed by atoms with Crippen LogP contribution in [0.3, 0.4) is 0 Å². The highest BCUT2D eigenvalue weighted by Gasteiger charge is 2.20. The molecule has 10 nitrogen and oxygen atoms in total. The Bertz CT molecular complexity index is 1170. The molecule has 2 aromatic heterocycles. The third-order valence-electron chi connectivity index (χ3n) is 4.35. The molecule has 2 heterocycles. The Labute approximate surface area is 187 Å². The number of sulfonamides is 1. The molecule has 0 aliphatic carbocycles. The van der Waals surface area contributed by atoms with Crippen LogP contribution in [0.4, 0.5) is 5.95 Å². The first-order chi connectivity index (χ1) is 15.1. The van der Waals surface area contributed by atoms with Crippen LogP contribution in [0.15, 0.2) is 47.6 Å². The summed E-state index contributed by atoms with van der Waals surface area (Å²) in [6, 6.07) is 8.88. The number of hydrogen-bond donors (Lipinski definition) is 2. The Hall–Kier alpha value is -3.18. The van der Waals surface area contributed by atoms with Crippen LogP contribution in [-0.4, -0.2) is 52.1 Å². The lowest BCUT2D eigenvalue weighted by Crippen LogP contribution is -2.22. The molecule has 0 bridgehead atoms. The summed E-state index contributed by atoms with van der Waals surface area (Å²) in [6.45, 7) is 5.86. The molecule has 0 unspecified atom stereocenters. The summed E-state index contributed by atoms with van der Waals surface area (Å²) in [5.74, 6) is 0.600. The molecular weight excluding hydrogens is 434 g/mol. The van der Waals surface area contributed by atoms with Crippen LogP contribution < -0.4 is 14.2 Å². The van der Waals surface area contributed by atoms with Crippen LogP contribution >= 0.6 is 0 Å². The van der Waals surface area contributed by atoms with E-state index in [1.165, 1.54) is 17.1 Å². The molecule has 0 saturated carbocycles. The van der Waals surface area contributed by atoms with E-state index in [1.807, 2.05) is 25.1 Å². The van der Waals surface area contributed by atoms with Crippen LogP contribution in [0.1, 0.15) is 27.2 Å². The van der Waals surface area contributed by atoms with Crippen molar-refractivity contribution in [2.24, 2.45) is 7.05 Å². The number of para-hydroxylation sites is 1. The molecule has 32 heavy (non-hydrogen) atoms. The molecule has 0 saturated heterocycles. The van der Waals surface area contributed by atoms with Gasteiger partial charge < -0.3 is 14.6 Å². The maximum absolute atomic E-state index is 12.7. The molecule has 1 aromatic carbocycles. The van der Waals surface area contributed by atoms with Gasteiger partial charge in [0.15, 0.2) is 0 Å². The second-order valence-corrected chi connectivity index (χ2v) is 9.39. The average Bonchev–Trinajstić information content (AvgIpc) is 3.15. The summed E-state index contributed by atoms with van der Waals surface area (Å²) in [5, 5.41) is 13.8. The molecule has 0 atom stereocenters. The van der Waals surface area contributed by atoms with Crippen molar-refractivity contribution in [1.82, 2.24) is 19.7 Å². The van der Waals surface area contributed by atoms with E-state index in [4.69, 9.17) is 9.47 Å². The van der Waals surface area contributed by atoms with Crippen LogP contribution in [0, 0.1) is 0 Å². The van der Waals surface area contributed by atoms with E-state index in [0.717, 1.165) is 0 Å². The van der Waals surface area contributed by atoms with Crippen molar-refractivity contribution in [3.8, 4) is 22.9 Å². The van der Waals surface area contributed by atoms with Gasteiger partial charge in [0, 0.05) is 31.3 Å². The van der Waals surface area contributed by atoms with Crippen molar-refractivity contribution in [3.63, 3.8) is 0 Å². The summed E-state index contributed by atoms with van der Waals surface area (Å²) in [5.41, 5.74) is 0.166. The molecule has 11 heteroatoms. The molecule has 3 aromatic rings. The zero-order valence-corrected chi connectivity index (χ0v) is 19.3. The predicted octanol–water partition coefficient (Wildman–Crippen LogP) is 2.62. The highest BCUT2D eigenvalue weighted by molar-refractivity contribution is 7.92. The lowest BCUT2D eigenvalue weighted by Gasteiger charge is -2.17. The molecule has 0 fully saturated rings. The van der Waals surface area contributed by atoms with Crippen LogP contribution in [0.5, 0.6) is 11.6 Å². The van der Waals surface area contributed by atoms with Gasteiger partial charge in [0.2, 0.25) is 11.8 Å². The number of ether oxygens (including phenoxy) is 2. The lowest BCUT2D eigenvalue weighted by molar-refractivity contribution is 0.0547. The van der Waals surface area contributed by atoms with Gasteiger partial charge in [-0.2, -0.15) is 10.1 Å². The number of anilines is 1. The Morgan fingerprint density at radius 3 is 2.59 bits per heavy atom. The molecule has 3 rings (SSSR count). The second-order valence-electron chi connectivity index (χ2n) is 7.71. The van der Waals surface area contributed by atoms with E-state index in [9.17, 15) is 13.5 Å². The van der Waals surface area contributed by atoms with Gasteiger partial charge >= 0.3 is 0 Å². The number of aryl methyl sites for hydroxylation is 1. The fourth-order valence-electron chi connectivity index (χ4n) is 2.76. The zero-order chi connectivity index (χ0) is 23.4. The van der Waals surface area contributed by atoms with Crippen LogP contribution in [-0.2, 0) is 17.1 Å². The number of rotatable bonds is 10. The number of aromatic nitrogens is 4. The van der Waals surface area contributed by atoms with Gasteiger partial charge in [0.05, 0.1) is 30.7 Å². The fraction of sp³-hybridized carbons (Fsp3) is 0.381. The summed E-state index contributed by atoms with van der Waals surface area (Å²) < 4.78 is 40.7. The third-order valence-corrected chi connectivity index (χ3v) is 5.63. The minimum Gasteiger partial charge on any atom is -0.493 e. The van der Waals surface area contributed by atoms with E-state index in [2.05, 4.69) is 19.8 Å². The quantitative estimate of drug-likeness (QED) is 0.471. The first-order valence-electron chi connectivity index (χ1n) is 10.1. The average molecular weight is 462 g/mol. The highest BCUT2D eigenvalue weighted by Crippen LogP contribution is 2.31. The lowest BCUT2D eigenvalue weighted by atomic mass is 10.1. The number of nitrogens with zero attached hydrogens (tertiary/aromatic N) is 4. The first-order valence-corrected chi connectivity index (χ1v) is 11.5. The van der Waals surface area contributed by atoms with Gasteiger partial charge in [-0.1, -0.05) is 12.1 Å². The monoisotopic (exact) mass is 461 g/mol. The van der Waals surface area contributed by atoms with E-state index in [-0.39, 0.29) is 23.3 Å². The Morgan fingerprint density at radius 1 is 1.19 bits per heavy atom. The maximum Gasteiger partial charge on any atom is 0.267 e. The standard InChI is InChI=1S/C21H27N5O5S/c1-5-30-18-9-7-6-8-16(18)17-12-19(31-11-10-21(2,3)27)24-20(23-17)25-32(28,29)15-13-22-26(4)14-15/h6-9,12-14,27H,5,10-11H2,1-4H3,(H,23,24,25). The van der Waals surface area contributed by atoms with Crippen LogP contribution in [0.25, 0.3) is 11.3 Å². The van der Waals surface area contributed by atoms with Gasteiger partial charge in [0.25, 0.3) is 10.0 Å². The van der Waals surface area contributed by atoms with Crippen molar-refractivity contribution >= 4 is 16.0 Å². The molecular formula is C21H27N5O5S. The maximum atomic E-state index is 12.7. The van der Waals surface area contributed by atoms with Crippen LogP contribution in [0.2, 0.25) is 0 Å². The zero-order valence-electron chi connectivity index (χ0n) is 18.4. The smallest absolute Gasteiger partial charge is 0.267 e. The van der Waals surface area contributed by atoms with Gasteiger partial charge in [-0.05, 0) is 32.9 Å². The number of benzene rings is 1. The van der Waals surface area contributed by atoms with E-state index >= 15 is 0 Å². The van der Waals surface area contributed by atoms with Gasteiger partial charge in [-0.3, -0.25) is 4.68 Å². The number of aliphatic hydroxyl groups is 1. The Balaban J connectivity index is 1.99. The molecule has 0 radical (unpaired) electrons. The van der Waals surface area contributed by atoms with Crippen molar-refractivity contribution in [3.05, 3.63) is 42.7 Å². The molecule has 0 spiro atoms. The van der Waals surface area contributed by atoms with Crippen molar-refractivity contribution in [2.75, 3.05) is 17.9 Å². The largest absolute Gasteiger partial charge is 0.493 e. The topological polar surface area (TPSA) is 128 Å². The minimum absolute atomic E-state index is 0.0202. The molecule has 0 amide bonds. The number of hydrogen-bond acceptors (Lipinski definition) is 8. The third kappa shape index (κ3) is 6.17. The van der Waals surface area contributed by atoms with Crippen molar-refractivity contribution < 1.29 is 23.0 Å². The van der Waals surface area contributed by atoms with Gasteiger partial charge in [-0.25, -0.2) is 18.1 Å². The second kappa shape index (κ2) is 9.53. The molecule has 2 N–H and O–H groups in total. The van der Waals surface area contributed by atoms with Gasteiger partial charge in [-0.15, -0.1) is 0 Å². The fourth-order valence-corrected chi connectivity index (χ4v) is 3.69. The summed E-state index contributed by atoms with van der Waals surface area (Å²) >= 11 is 0. The molecule has 172 valence electrons. The predicted molar refractivity (Wildman–Crippen MR) is 119 cm³/mol. The Morgan fingerprint density at radius 2 is 1.94 bits per heavy atom. The minimum atomic E-state index is -3.96.